The Bertz CT molecular complexity index is 341. The molecule has 0 spiro atoms. The van der Waals surface area contributed by atoms with Crippen LogP contribution in [-0.2, 0) is 9.59 Å². The SMILES string of the molecule is CC[C@@H](NC(=O)N(C)CC(=O)NC1CC1)C(=O)O. The molecule has 0 aromatic carbocycles. The van der Waals surface area contributed by atoms with Crippen molar-refractivity contribution in [1.82, 2.24) is 15.5 Å². The topological polar surface area (TPSA) is 98.7 Å². The Morgan fingerprint density at radius 1 is 1.39 bits per heavy atom. The van der Waals surface area contributed by atoms with Gasteiger partial charge in [0.2, 0.25) is 5.91 Å². The zero-order chi connectivity index (χ0) is 13.7. The van der Waals surface area contributed by atoms with Crippen molar-refractivity contribution >= 4 is 17.9 Å². The molecule has 1 rings (SSSR count). The average Bonchev–Trinajstić information content (AvgIpc) is 3.08. The number of urea groups is 1. The van der Waals surface area contributed by atoms with E-state index in [1.165, 1.54) is 11.9 Å². The van der Waals surface area contributed by atoms with E-state index in [0.29, 0.717) is 6.42 Å². The first-order chi connectivity index (χ1) is 8.43. The number of carbonyl (C=O) groups is 3. The van der Waals surface area contributed by atoms with Crippen molar-refractivity contribution in [2.75, 3.05) is 13.6 Å². The zero-order valence-corrected chi connectivity index (χ0v) is 10.6. The quantitative estimate of drug-likeness (QED) is 0.612. The minimum atomic E-state index is -1.08. The lowest BCUT2D eigenvalue weighted by molar-refractivity contribution is -0.139. The summed E-state index contributed by atoms with van der Waals surface area (Å²) in [5, 5.41) is 13.9. The second-order valence-corrected chi connectivity index (χ2v) is 4.45. The van der Waals surface area contributed by atoms with Crippen LogP contribution in [0.1, 0.15) is 26.2 Å². The third-order valence-corrected chi connectivity index (χ3v) is 2.67. The second-order valence-electron chi connectivity index (χ2n) is 4.45. The molecule has 1 atom stereocenters. The van der Waals surface area contributed by atoms with E-state index >= 15 is 0 Å². The van der Waals surface area contributed by atoms with Crippen LogP contribution in [0.15, 0.2) is 0 Å². The number of nitrogens with one attached hydrogen (secondary N) is 2. The van der Waals surface area contributed by atoms with Gasteiger partial charge >= 0.3 is 12.0 Å². The van der Waals surface area contributed by atoms with Crippen LogP contribution in [-0.4, -0.2) is 53.6 Å². The van der Waals surface area contributed by atoms with Gasteiger partial charge in [-0.25, -0.2) is 9.59 Å². The number of carbonyl (C=O) groups excluding carboxylic acids is 2. The molecule has 0 heterocycles. The molecule has 0 bridgehead atoms. The van der Waals surface area contributed by atoms with Gasteiger partial charge in [-0.3, -0.25) is 4.79 Å². The van der Waals surface area contributed by atoms with E-state index in [-0.39, 0.29) is 18.5 Å². The minimum Gasteiger partial charge on any atom is -0.480 e. The zero-order valence-electron chi connectivity index (χ0n) is 10.6. The van der Waals surface area contributed by atoms with Gasteiger partial charge in [0, 0.05) is 13.1 Å². The third-order valence-electron chi connectivity index (χ3n) is 2.67. The van der Waals surface area contributed by atoms with Crippen molar-refractivity contribution in [3.63, 3.8) is 0 Å². The van der Waals surface area contributed by atoms with Gasteiger partial charge in [0.05, 0.1) is 0 Å². The average molecular weight is 257 g/mol. The van der Waals surface area contributed by atoms with Crippen molar-refractivity contribution in [2.24, 2.45) is 0 Å². The van der Waals surface area contributed by atoms with Crippen LogP contribution in [0.4, 0.5) is 4.79 Å². The van der Waals surface area contributed by atoms with E-state index in [0.717, 1.165) is 12.8 Å². The highest BCUT2D eigenvalue weighted by molar-refractivity contribution is 5.86. The van der Waals surface area contributed by atoms with Crippen LogP contribution in [0, 0.1) is 0 Å². The maximum atomic E-state index is 11.6. The van der Waals surface area contributed by atoms with Gasteiger partial charge in [-0.05, 0) is 19.3 Å². The van der Waals surface area contributed by atoms with Gasteiger partial charge in [0.15, 0.2) is 0 Å². The molecular weight excluding hydrogens is 238 g/mol. The van der Waals surface area contributed by atoms with Crippen LogP contribution in [0.5, 0.6) is 0 Å². The largest absolute Gasteiger partial charge is 0.480 e. The van der Waals surface area contributed by atoms with E-state index < -0.39 is 18.0 Å². The van der Waals surface area contributed by atoms with Crippen LogP contribution < -0.4 is 10.6 Å². The van der Waals surface area contributed by atoms with E-state index in [4.69, 9.17) is 5.11 Å². The van der Waals surface area contributed by atoms with Crippen molar-refractivity contribution in [2.45, 2.75) is 38.3 Å². The number of carboxylic acids is 1. The molecule has 0 aromatic heterocycles. The fourth-order valence-electron chi connectivity index (χ4n) is 1.39. The molecule has 7 heteroatoms. The molecular formula is C11H19N3O4. The van der Waals surface area contributed by atoms with Gasteiger partial charge in [-0.15, -0.1) is 0 Å². The molecule has 3 amide bonds. The molecule has 1 aliphatic carbocycles. The molecule has 1 fully saturated rings. The number of hydrogen-bond acceptors (Lipinski definition) is 3. The van der Waals surface area contributed by atoms with Gasteiger partial charge in [0.1, 0.15) is 12.6 Å². The smallest absolute Gasteiger partial charge is 0.326 e. The molecule has 1 saturated carbocycles. The predicted molar refractivity (Wildman–Crippen MR) is 64.0 cm³/mol. The lowest BCUT2D eigenvalue weighted by Gasteiger charge is -2.20. The highest BCUT2D eigenvalue weighted by Gasteiger charge is 2.25. The monoisotopic (exact) mass is 257 g/mol. The summed E-state index contributed by atoms with van der Waals surface area (Å²) in [6, 6.07) is -1.24. The summed E-state index contributed by atoms with van der Waals surface area (Å²) in [5.74, 6) is -1.31. The highest BCUT2D eigenvalue weighted by atomic mass is 16.4. The minimum absolute atomic E-state index is 0.0710. The number of likely N-dealkylation sites (N-methyl/N-ethyl adjacent to an activating group) is 1. The summed E-state index contributed by atoms with van der Waals surface area (Å²) in [4.78, 5) is 35.0. The third kappa shape index (κ3) is 4.60. The van der Waals surface area contributed by atoms with Gasteiger partial charge in [0.25, 0.3) is 0 Å². The summed E-state index contributed by atoms with van der Waals surface area (Å²) in [5.41, 5.74) is 0. The maximum absolute atomic E-state index is 11.6. The number of carboxylic acid groups (broad SMARTS) is 1. The molecule has 18 heavy (non-hydrogen) atoms. The fraction of sp³-hybridized carbons (Fsp3) is 0.727. The van der Waals surface area contributed by atoms with Crippen molar-refractivity contribution in [3.05, 3.63) is 0 Å². The molecule has 3 N–H and O–H groups in total. The molecule has 1 aliphatic rings. The van der Waals surface area contributed by atoms with E-state index in [9.17, 15) is 14.4 Å². The van der Waals surface area contributed by atoms with Crippen LogP contribution in [0.2, 0.25) is 0 Å². The normalized spacial score (nSPS) is 15.7. The number of nitrogens with zero attached hydrogens (tertiary/aromatic N) is 1. The number of amides is 3. The number of rotatable bonds is 6. The summed E-state index contributed by atoms with van der Waals surface area (Å²) >= 11 is 0. The Kier molecular flexibility index (Phi) is 4.94. The maximum Gasteiger partial charge on any atom is 0.326 e. The molecule has 0 aromatic rings. The van der Waals surface area contributed by atoms with Crippen LogP contribution in [0.25, 0.3) is 0 Å². The highest BCUT2D eigenvalue weighted by Crippen LogP contribution is 2.18. The number of hydrogen-bond donors (Lipinski definition) is 3. The second kappa shape index (κ2) is 6.23. The molecule has 7 nitrogen and oxygen atoms in total. The van der Waals surface area contributed by atoms with Crippen molar-refractivity contribution in [1.29, 1.82) is 0 Å². The molecule has 0 aliphatic heterocycles. The van der Waals surface area contributed by atoms with Crippen LogP contribution in [0.3, 0.4) is 0 Å². The number of aliphatic carboxylic acids is 1. The van der Waals surface area contributed by atoms with Gasteiger partial charge in [-0.2, -0.15) is 0 Å². The standard InChI is InChI=1S/C11H19N3O4/c1-3-8(10(16)17)13-11(18)14(2)6-9(15)12-7-4-5-7/h7-8H,3-6H2,1-2H3,(H,12,15)(H,13,18)(H,16,17)/t8-/m1/s1. The van der Waals surface area contributed by atoms with Crippen molar-refractivity contribution < 1.29 is 19.5 Å². The van der Waals surface area contributed by atoms with E-state index in [1.807, 2.05) is 0 Å². The summed E-state index contributed by atoms with van der Waals surface area (Å²) in [6.07, 6.45) is 2.26. The molecule has 102 valence electrons. The first-order valence-electron chi connectivity index (χ1n) is 5.97. The molecule has 0 radical (unpaired) electrons. The Hall–Kier alpha value is -1.79. The van der Waals surface area contributed by atoms with Crippen LogP contribution >= 0.6 is 0 Å². The lowest BCUT2D eigenvalue weighted by atomic mass is 10.2. The fourth-order valence-corrected chi connectivity index (χ4v) is 1.39. The van der Waals surface area contributed by atoms with E-state index in [1.54, 1.807) is 6.92 Å². The Balaban J connectivity index is 2.34. The lowest BCUT2D eigenvalue weighted by Crippen LogP contribution is -2.49. The molecule has 0 unspecified atom stereocenters. The van der Waals surface area contributed by atoms with Gasteiger partial charge in [-0.1, -0.05) is 6.92 Å². The summed E-state index contributed by atoms with van der Waals surface area (Å²) < 4.78 is 0. The first kappa shape index (κ1) is 14.3. The molecule has 0 saturated heterocycles. The Morgan fingerprint density at radius 2 is 2.00 bits per heavy atom. The predicted octanol–water partition coefficient (Wildman–Crippen LogP) is -0.230. The summed E-state index contributed by atoms with van der Waals surface area (Å²) in [6.45, 7) is 1.59. The summed E-state index contributed by atoms with van der Waals surface area (Å²) in [7, 11) is 1.45. The van der Waals surface area contributed by atoms with Gasteiger partial charge < -0.3 is 20.6 Å². The Labute approximate surface area is 106 Å². The Morgan fingerprint density at radius 3 is 2.44 bits per heavy atom. The van der Waals surface area contributed by atoms with E-state index in [2.05, 4.69) is 10.6 Å². The first-order valence-corrected chi connectivity index (χ1v) is 5.97. The van der Waals surface area contributed by atoms with Crippen molar-refractivity contribution in [3.8, 4) is 0 Å².